The van der Waals surface area contributed by atoms with Crippen LogP contribution in [0.2, 0.25) is 0 Å². The van der Waals surface area contributed by atoms with Crippen molar-refractivity contribution in [3.05, 3.63) is 146 Å². The van der Waals surface area contributed by atoms with Crippen LogP contribution in [0.5, 0.6) is 11.5 Å². The summed E-state index contributed by atoms with van der Waals surface area (Å²) < 4.78 is 15.6. The summed E-state index contributed by atoms with van der Waals surface area (Å²) in [4.78, 5) is 0. The zero-order valence-corrected chi connectivity index (χ0v) is 22.2. The first-order valence-corrected chi connectivity index (χ1v) is 14.0. The van der Waals surface area contributed by atoms with Gasteiger partial charge in [0.15, 0.2) is 0 Å². The Labute approximate surface area is 239 Å². The SMILES string of the molecule is [2H]c1cccc2c(-c3ccc4ccccc4c3)c3ccccc3c(-c3ccc4c5c(cccc35)Oc3ccccc3-4)c12. The van der Waals surface area contributed by atoms with E-state index in [0.29, 0.717) is 6.04 Å². The quantitative estimate of drug-likeness (QED) is 0.206. The van der Waals surface area contributed by atoms with Gasteiger partial charge in [-0.1, -0.05) is 127 Å². The Hall–Kier alpha value is -5.40. The van der Waals surface area contributed by atoms with Crippen molar-refractivity contribution in [1.82, 2.24) is 0 Å². The van der Waals surface area contributed by atoms with E-state index in [4.69, 9.17) is 4.74 Å². The first-order valence-electron chi connectivity index (χ1n) is 14.5. The molecule has 8 aromatic rings. The standard InChI is InChI=1S/C40H24O/c1-2-11-26-24-27(21-20-25(26)10-1)38-29-13-3-5-15-31(29)39(32-16-6-4-14-30(32)38)35-23-22-34-28-12-7-8-18-36(28)41-37-19-9-17-33(35)40(34)37/h1-24H/i15D. The molecule has 0 spiro atoms. The Morgan fingerprint density at radius 3 is 1.98 bits per heavy atom. The van der Waals surface area contributed by atoms with Crippen molar-refractivity contribution in [2.75, 3.05) is 0 Å². The molecule has 8 aromatic carbocycles. The molecule has 0 N–H and O–H groups in total. The molecule has 0 aliphatic carbocycles. The molecule has 0 aromatic heterocycles. The Balaban J connectivity index is 1.42. The van der Waals surface area contributed by atoms with Gasteiger partial charge in [0.2, 0.25) is 0 Å². The monoisotopic (exact) mass is 521 g/mol. The number of benzene rings is 8. The van der Waals surface area contributed by atoms with Crippen LogP contribution in [0.15, 0.2) is 146 Å². The van der Waals surface area contributed by atoms with Crippen molar-refractivity contribution in [3.63, 3.8) is 0 Å². The van der Waals surface area contributed by atoms with Crippen molar-refractivity contribution in [1.29, 1.82) is 0 Å². The van der Waals surface area contributed by atoms with Crippen LogP contribution in [-0.4, -0.2) is 0 Å². The molecule has 41 heavy (non-hydrogen) atoms. The van der Waals surface area contributed by atoms with Gasteiger partial charge in [-0.05, 0) is 83.7 Å². The Bertz CT molecular complexity index is 2400. The average Bonchev–Trinajstić information content (AvgIpc) is 3.04. The lowest BCUT2D eigenvalue weighted by molar-refractivity contribution is 0.487. The maximum Gasteiger partial charge on any atom is 0.135 e. The van der Waals surface area contributed by atoms with Crippen molar-refractivity contribution < 1.29 is 6.11 Å². The van der Waals surface area contributed by atoms with Gasteiger partial charge in [-0.15, -0.1) is 0 Å². The van der Waals surface area contributed by atoms with E-state index in [2.05, 4.69) is 115 Å². The fraction of sp³-hybridized carbons (Fsp3) is 0. The van der Waals surface area contributed by atoms with Crippen molar-refractivity contribution in [3.8, 4) is 44.9 Å². The van der Waals surface area contributed by atoms with E-state index in [1.165, 1.54) is 27.3 Å². The summed E-state index contributed by atoms with van der Waals surface area (Å²) in [6.07, 6.45) is 0. The molecule has 0 amide bonds. The van der Waals surface area contributed by atoms with E-state index >= 15 is 0 Å². The number of fused-ring (bicyclic) bond motifs is 5. The van der Waals surface area contributed by atoms with E-state index < -0.39 is 0 Å². The number of rotatable bonds is 2. The number of para-hydroxylation sites is 1. The van der Waals surface area contributed by atoms with Gasteiger partial charge in [0.05, 0.1) is 1.37 Å². The summed E-state index contributed by atoms with van der Waals surface area (Å²) in [5, 5.41) is 9.07. The van der Waals surface area contributed by atoms with E-state index in [1.807, 2.05) is 24.3 Å². The van der Waals surface area contributed by atoms with E-state index in [9.17, 15) is 1.37 Å². The maximum absolute atomic E-state index is 9.23. The molecule has 1 heterocycles. The number of hydrogen-bond donors (Lipinski definition) is 0. The van der Waals surface area contributed by atoms with E-state index in [0.717, 1.165) is 60.7 Å². The highest BCUT2D eigenvalue weighted by Gasteiger charge is 2.23. The molecule has 1 nitrogen and oxygen atoms in total. The second-order valence-electron chi connectivity index (χ2n) is 10.8. The summed E-state index contributed by atoms with van der Waals surface area (Å²) in [5.74, 6) is 1.75. The molecule has 0 radical (unpaired) electrons. The van der Waals surface area contributed by atoms with Crippen LogP contribution < -0.4 is 4.74 Å². The molecule has 0 bridgehead atoms. The molecule has 1 heteroatoms. The van der Waals surface area contributed by atoms with Crippen molar-refractivity contribution in [2.45, 2.75) is 0 Å². The second-order valence-corrected chi connectivity index (χ2v) is 10.8. The molecule has 9 rings (SSSR count). The molecule has 0 fully saturated rings. The van der Waals surface area contributed by atoms with Crippen LogP contribution in [0.4, 0.5) is 0 Å². The van der Waals surface area contributed by atoms with Crippen LogP contribution in [-0.2, 0) is 0 Å². The molecular weight excluding hydrogens is 496 g/mol. The van der Waals surface area contributed by atoms with Gasteiger partial charge >= 0.3 is 0 Å². The predicted molar refractivity (Wildman–Crippen MR) is 173 cm³/mol. The van der Waals surface area contributed by atoms with Crippen LogP contribution in [0, 0.1) is 0 Å². The second kappa shape index (κ2) is 8.55. The third-order valence-electron chi connectivity index (χ3n) is 8.55. The number of hydrogen-bond acceptors (Lipinski definition) is 1. The van der Waals surface area contributed by atoms with Crippen molar-refractivity contribution in [2.24, 2.45) is 0 Å². The Morgan fingerprint density at radius 1 is 0.415 bits per heavy atom. The molecule has 0 unspecified atom stereocenters. The van der Waals surface area contributed by atoms with E-state index in [1.54, 1.807) is 0 Å². The lowest BCUT2D eigenvalue weighted by Crippen LogP contribution is -1.98. The van der Waals surface area contributed by atoms with Crippen LogP contribution in [0.25, 0.3) is 76.5 Å². The summed E-state index contributed by atoms with van der Waals surface area (Å²) in [6.45, 7) is 0. The van der Waals surface area contributed by atoms with E-state index in [-0.39, 0.29) is 0 Å². The van der Waals surface area contributed by atoms with Crippen LogP contribution in [0.1, 0.15) is 1.37 Å². The highest BCUT2D eigenvalue weighted by Crippen LogP contribution is 2.51. The smallest absolute Gasteiger partial charge is 0.135 e. The zero-order valence-electron chi connectivity index (χ0n) is 23.2. The molecule has 0 saturated carbocycles. The van der Waals surface area contributed by atoms with Gasteiger partial charge in [-0.25, -0.2) is 0 Å². The van der Waals surface area contributed by atoms with Crippen LogP contribution >= 0.6 is 0 Å². The first kappa shape index (κ1) is 21.4. The van der Waals surface area contributed by atoms with Gasteiger partial charge in [0.25, 0.3) is 0 Å². The normalized spacial score (nSPS) is 12.4. The molecular formula is C40H24O. The molecule has 0 atom stereocenters. The first-order chi connectivity index (χ1) is 20.8. The minimum atomic E-state index is 0.525. The zero-order chi connectivity index (χ0) is 27.8. The van der Waals surface area contributed by atoms with Gasteiger partial charge < -0.3 is 4.74 Å². The lowest BCUT2D eigenvalue weighted by Gasteiger charge is -2.24. The molecule has 1 aliphatic rings. The fourth-order valence-electron chi connectivity index (χ4n) is 6.78. The summed E-state index contributed by atoms with van der Waals surface area (Å²) in [7, 11) is 0. The van der Waals surface area contributed by atoms with Gasteiger partial charge in [0, 0.05) is 10.9 Å². The third kappa shape index (κ3) is 3.24. The summed E-state index contributed by atoms with van der Waals surface area (Å²) in [5.41, 5.74) is 6.83. The Kier molecular flexibility index (Phi) is 4.47. The average molecular weight is 522 g/mol. The molecule has 0 saturated heterocycles. The fourth-order valence-corrected chi connectivity index (χ4v) is 6.78. The van der Waals surface area contributed by atoms with Gasteiger partial charge in [-0.3, -0.25) is 0 Å². The third-order valence-corrected chi connectivity index (χ3v) is 8.55. The maximum atomic E-state index is 9.23. The lowest BCUT2D eigenvalue weighted by atomic mass is 9.83. The molecule has 190 valence electrons. The minimum Gasteiger partial charge on any atom is -0.456 e. The molecule has 1 aliphatic heterocycles. The van der Waals surface area contributed by atoms with Gasteiger partial charge in [-0.2, -0.15) is 0 Å². The Morgan fingerprint density at radius 2 is 1.07 bits per heavy atom. The summed E-state index contributed by atoms with van der Waals surface area (Å²) >= 11 is 0. The number of ether oxygens (including phenoxy) is 1. The highest BCUT2D eigenvalue weighted by molar-refractivity contribution is 6.25. The van der Waals surface area contributed by atoms with Gasteiger partial charge in [0.1, 0.15) is 11.5 Å². The predicted octanol–water partition coefficient (Wildman–Crippen LogP) is 11.4. The van der Waals surface area contributed by atoms with Crippen molar-refractivity contribution >= 4 is 43.1 Å². The summed E-state index contributed by atoms with van der Waals surface area (Å²) in [6, 6.07) is 49.5. The highest BCUT2D eigenvalue weighted by atomic mass is 16.5. The topological polar surface area (TPSA) is 9.23 Å². The largest absolute Gasteiger partial charge is 0.456 e. The minimum absolute atomic E-state index is 0.525. The van der Waals surface area contributed by atoms with Crippen LogP contribution in [0.3, 0.4) is 0 Å².